The van der Waals surface area contributed by atoms with Gasteiger partial charge in [-0.15, -0.1) is 0 Å². The van der Waals surface area contributed by atoms with E-state index in [1.807, 2.05) is 6.08 Å². The second-order valence-corrected chi connectivity index (χ2v) is 3.54. The Labute approximate surface area is 73.9 Å². The fourth-order valence-electron chi connectivity index (χ4n) is 1.99. The highest BCUT2D eigenvalue weighted by atomic mass is 14.2. The number of hydrogen-bond donors (Lipinski definition) is 0. The van der Waals surface area contributed by atoms with Crippen molar-refractivity contribution in [2.45, 2.75) is 26.2 Å². The molecule has 12 heavy (non-hydrogen) atoms. The third kappa shape index (κ3) is 1.08. The summed E-state index contributed by atoms with van der Waals surface area (Å²) in [6, 6.07) is 4.62. The molecule has 0 aromatic heterocycles. The fraction of sp³-hybridized carbons (Fsp3) is 0.333. The van der Waals surface area contributed by atoms with E-state index in [4.69, 9.17) is 0 Å². The zero-order valence-electron chi connectivity index (χ0n) is 7.56. The first-order valence-corrected chi connectivity index (χ1v) is 4.56. The lowest BCUT2D eigenvalue weighted by molar-refractivity contribution is 0.911. The number of fused-ring (bicyclic) bond motifs is 1. The standard InChI is InChI=1S/C12H14/c1-3-10-8-12-6-4-5-11(12)7-9(10)2/h3,7-8H,1,4-6H2,2H3. The van der Waals surface area contributed by atoms with Crippen molar-refractivity contribution in [2.24, 2.45) is 0 Å². The van der Waals surface area contributed by atoms with Crippen molar-refractivity contribution in [1.82, 2.24) is 0 Å². The summed E-state index contributed by atoms with van der Waals surface area (Å²) in [6.07, 6.45) is 5.81. The van der Waals surface area contributed by atoms with Gasteiger partial charge in [0.1, 0.15) is 0 Å². The van der Waals surface area contributed by atoms with Crippen LogP contribution in [0.2, 0.25) is 0 Å². The van der Waals surface area contributed by atoms with Gasteiger partial charge >= 0.3 is 0 Å². The van der Waals surface area contributed by atoms with Gasteiger partial charge in [0.2, 0.25) is 0 Å². The maximum Gasteiger partial charge on any atom is -0.0230 e. The van der Waals surface area contributed by atoms with E-state index in [1.54, 1.807) is 5.56 Å². The van der Waals surface area contributed by atoms with Crippen molar-refractivity contribution in [3.63, 3.8) is 0 Å². The first kappa shape index (κ1) is 7.60. The smallest absolute Gasteiger partial charge is 0.0230 e. The van der Waals surface area contributed by atoms with Crippen LogP contribution in [0, 0.1) is 6.92 Å². The highest BCUT2D eigenvalue weighted by Gasteiger charge is 2.11. The van der Waals surface area contributed by atoms with E-state index < -0.39 is 0 Å². The Hall–Kier alpha value is -1.04. The molecule has 0 saturated heterocycles. The quantitative estimate of drug-likeness (QED) is 0.589. The van der Waals surface area contributed by atoms with E-state index in [0.29, 0.717) is 0 Å². The van der Waals surface area contributed by atoms with Crippen LogP contribution in [0.1, 0.15) is 28.7 Å². The monoisotopic (exact) mass is 158 g/mol. The van der Waals surface area contributed by atoms with E-state index in [1.165, 1.54) is 36.0 Å². The number of rotatable bonds is 1. The SMILES string of the molecule is C=Cc1cc2c(cc1C)CCC2. The predicted octanol–water partition coefficient (Wildman–Crippen LogP) is 3.13. The molecule has 0 amide bonds. The average molecular weight is 158 g/mol. The molecule has 0 aliphatic heterocycles. The molecule has 0 saturated carbocycles. The molecule has 0 spiro atoms. The summed E-state index contributed by atoms with van der Waals surface area (Å²) in [6.45, 7) is 5.98. The van der Waals surface area contributed by atoms with Gasteiger partial charge in [-0.05, 0) is 48.4 Å². The van der Waals surface area contributed by atoms with Crippen molar-refractivity contribution in [3.05, 3.63) is 41.0 Å². The van der Waals surface area contributed by atoms with Gasteiger partial charge in [-0.2, -0.15) is 0 Å². The van der Waals surface area contributed by atoms with E-state index >= 15 is 0 Å². The van der Waals surface area contributed by atoms with Crippen molar-refractivity contribution in [2.75, 3.05) is 0 Å². The van der Waals surface area contributed by atoms with Gasteiger partial charge in [-0.1, -0.05) is 24.8 Å². The molecule has 1 aliphatic rings. The molecular weight excluding hydrogens is 144 g/mol. The normalized spacial score (nSPS) is 14.4. The molecule has 0 heterocycles. The average Bonchev–Trinajstić information content (AvgIpc) is 2.49. The Balaban J connectivity index is 2.56. The molecule has 2 rings (SSSR count). The first-order valence-electron chi connectivity index (χ1n) is 4.56. The van der Waals surface area contributed by atoms with Crippen LogP contribution in [0.5, 0.6) is 0 Å². The molecule has 0 radical (unpaired) electrons. The second-order valence-electron chi connectivity index (χ2n) is 3.54. The van der Waals surface area contributed by atoms with E-state index in [9.17, 15) is 0 Å². The van der Waals surface area contributed by atoms with Gasteiger partial charge in [0.05, 0.1) is 0 Å². The van der Waals surface area contributed by atoms with Gasteiger partial charge in [-0.25, -0.2) is 0 Å². The minimum atomic E-state index is 1.26. The van der Waals surface area contributed by atoms with Crippen LogP contribution in [-0.2, 0) is 12.8 Å². The maximum absolute atomic E-state index is 3.82. The molecular formula is C12H14. The van der Waals surface area contributed by atoms with E-state index in [2.05, 4.69) is 25.6 Å². The molecule has 1 aliphatic carbocycles. The summed E-state index contributed by atoms with van der Waals surface area (Å²) in [7, 11) is 0. The maximum atomic E-state index is 3.82. The minimum Gasteiger partial charge on any atom is -0.0985 e. The van der Waals surface area contributed by atoms with Crippen LogP contribution in [0.3, 0.4) is 0 Å². The minimum absolute atomic E-state index is 1.26. The third-order valence-corrected chi connectivity index (χ3v) is 2.70. The van der Waals surface area contributed by atoms with Gasteiger partial charge in [0, 0.05) is 0 Å². The summed E-state index contributed by atoms with van der Waals surface area (Å²) in [5.74, 6) is 0. The Morgan fingerprint density at radius 2 is 1.92 bits per heavy atom. The van der Waals surface area contributed by atoms with Crippen LogP contribution in [0.25, 0.3) is 6.08 Å². The van der Waals surface area contributed by atoms with E-state index in [0.717, 1.165) is 0 Å². The lowest BCUT2D eigenvalue weighted by atomic mass is 10.0. The molecule has 0 fully saturated rings. The molecule has 0 unspecified atom stereocenters. The molecule has 0 heteroatoms. The fourth-order valence-corrected chi connectivity index (χ4v) is 1.99. The van der Waals surface area contributed by atoms with Crippen molar-refractivity contribution >= 4 is 6.08 Å². The number of benzene rings is 1. The van der Waals surface area contributed by atoms with Crippen molar-refractivity contribution in [1.29, 1.82) is 0 Å². The van der Waals surface area contributed by atoms with Crippen molar-refractivity contribution < 1.29 is 0 Å². The van der Waals surface area contributed by atoms with E-state index in [-0.39, 0.29) is 0 Å². The summed E-state index contributed by atoms with van der Waals surface area (Å²) < 4.78 is 0. The highest BCUT2D eigenvalue weighted by molar-refractivity contribution is 5.55. The summed E-state index contributed by atoms with van der Waals surface area (Å²) in [5.41, 5.74) is 5.76. The van der Waals surface area contributed by atoms with Crippen LogP contribution in [0.4, 0.5) is 0 Å². The van der Waals surface area contributed by atoms with Gasteiger partial charge in [0.15, 0.2) is 0 Å². The zero-order valence-corrected chi connectivity index (χ0v) is 7.56. The summed E-state index contributed by atoms with van der Waals surface area (Å²) in [4.78, 5) is 0. The largest absolute Gasteiger partial charge is 0.0985 e. The molecule has 62 valence electrons. The lowest BCUT2D eigenvalue weighted by Gasteiger charge is -2.04. The van der Waals surface area contributed by atoms with Crippen LogP contribution < -0.4 is 0 Å². The Kier molecular flexibility index (Phi) is 1.76. The second kappa shape index (κ2) is 2.78. The van der Waals surface area contributed by atoms with Crippen LogP contribution >= 0.6 is 0 Å². The van der Waals surface area contributed by atoms with Crippen LogP contribution in [-0.4, -0.2) is 0 Å². The lowest BCUT2D eigenvalue weighted by Crippen LogP contribution is -1.87. The molecule has 1 aromatic rings. The van der Waals surface area contributed by atoms with Gasteiger partial charge < -0.3 is 0 Å². The van der Waals surface area contributed by atoms with Gasteiger partial charge in [0.25, 0.3) is 0 Å². The molecule has 0 N–H and O–H groups in total. The number of aryl methyl sites for hydroxylation is 3. The molecule has 0 bridgehead atoms. The molecule has 0 atom stereocenters. The van der Waals surface area contributed by atoms with Crippen molar-refractivity contribution in [3.8, 4) is 0 Å². The Morgan fingerprint density at radius 3 is 2.58 bits per heavy atom. The zero-order chi connectivity index (χ0) is 8.55. The number of hydrogen-bond acceptors (Lipinski definition) is 0. The Bertz CT molecular complexity index is 321. The summed E-state index contributed by atoms with van der Waals surface area (Å²) >= 11 is 0. The topological polar surface area (TPSA) is 0 Å². The Morgan fingerprint density at radius 1 is 1.25 bits per heavy atom. The first-order chi connectivity index (χ1) is 5.81. The van der Waals surface area contributed by atoms with Crippen LogP contribution in [0.15, 0.2) is 18.7 Å². The molecule has 0 nitrogen and oxygen atoms in total. The van der Waals surface area contributed by atoms with Gasteiger partial charge in [-0.3, -0.25) is 0 Å². The molecule has 1 aromatic carbocycles. The predicted molar refractivity (Wildman–Crippen MR) is 53.3 cm³/mol. The highest BCUT2D eigenvalue weighted by Crippen LogP contribution is 2.25. The summed E-state index contributed by atoms with van der Waals surface area (Å²) in [5, 5.41) is 0. The third-order valence-electron chi connectivity index (χ3n) is 2.70.